The Labute approximate surface area is 108 Å². The number of hydrogen-bond donors (Lipinski definition) is 2. The monoisotopic (exact) mass is 308 g/mol. The maximum absolute atomic E-state index is 9.88. The SMILES string of the molecule is CC[C@](C)(OC)c1cc(Cl)c(Br)c(O)c1O. The minimum absolute atomic E-state index is 0.206. The maximum atomic E-state index is 9.88. The zero-order chi connectivity index (χ0) is 12.5. The van der Waals surface area contributed by atoms with Gasteiger partial charge >= 0.3 is 0 Å². The predicted molar refractivity (Wildman–Crippen MR) is 67.1 cm³/mol. The van der Waals surface area contributed by atoms with Crippen molar-refractivity contribution in [3.63, 3.8) is 0 Å². The highest BCUT2D eigenvalue weighted by Gasteiger charge is 2.30. The van der Waals surface area contributed by atoms with Crippen LogP contribution in [0.3, 0.4) is 0 Å². The molecule has 0 spiro atoms. The standard InChI is InChI=1S/C11H14BrClO3/c1-4-11(2,16-3)6-5-7(13)8(12)10(15)9(6)14/h5,14-15H,4H2,1-3H3/t11-/m0/s1. The number of methoxy groups -OCH3 is 1. The Bertz CT molecular complexity index is 403. The second kappa shape index (κ2) is 4.82. The van der Waals surface area contributed by atoms with Crippen LogP contribution in [0.4, 0.5) is 0 Å². The van der Waals surface area contributed by atoms with Gasteiger partial charge in [-0.05, 0) is 35.3 Å². The Hall–Kier alpha value is -0.450. The van der Waals surface area contributed by atoms with E-state index in [1.807, 2.05) is 13.8 Å². The van der Waals surface area contributed by atoms with Crippen LogP contribution in [0.25, 0.3) is 0 Å². The average molecular weight is 310 g/mol. The van der Waals surface area contributed by atoms with Gasteiger partial charge in [0.25, 0.3) is 0 Å². The van der Waals surface area contributed by atoms with E-state index in [1.165, 1.54) is 0 Å². The highest BCUT2D eigenvalue weighted by Crippen LogP contribution is 2.46. The van der Waals surface area contributed by atoms with Crippen molar-refractivity contribution in [3.8, 4) is 11.5 Å². The van der Waals surface area contributed by atoms with Crippen molar-refractivity contribution < 1.29 is 14.9 Å². The first kappa shape index (κ1) is 13.6. The number of hydrogen-bond acceptors (Lipinski definition) is 3. The molecule has 16 heavy (non-hydrogen) atoms. The smallest absolute Gasteiger partial charge is 0.173 e. The van der Waals surface area contributed by atoms with Gasteiger partial charge in [-0.3, -0.25) is 0 Å². The molecule has 1 aromatic rings. The van der Waals surface area contributed by atoms with Gasteiger partial charge in [0.2, 0.25) is 0 Å². The summed E-state index contributed by atoms with van der Waals surface area (Å²) in [6, 6.07) is 1.59. The van der Waals surface area contributed by atoms with Gasteiger partial charge in [0.1, 0.15) is 0 Å². The molecule has 1 aromatic carbocycles. The minimum Gasteiger partial charge on any atom is -0.504 e. The fourth-order valence-corrected chi connectivity index (χ4v) is 1.95. The van der Waals surface area contributed by atoms with Crippen LogP contribution >= 0.6 is 27.5 Å². The first-order valence-electron chi connectivity index (χ1n) is 4.83. The number of halogens is 2. The Balaban J connectivity index is 3.46. The third-order valence-corrected chi connectivity index (χ3v) is 4.19. The molecular weight excluding hydrogens is 295 g/mol. The molecule has 0 saturated heterocycles. The van der Waals surface area contributed by atoms with Crippen LogP contribution in [0, 0.1) is 0 Å². The minimum atomic E-state index is -0.675. The molecule has 0 aliphatic carbocycles. The van der Waals surface area contributed by atoms with Crippen molar-refractivity contribution in [2.45, 2.75) is 25.9 Å². The van der Waals surface area contributed by atoms with Gasteiger partial charge in [0.15, 0.2) is 11.5 Å². The van der Waals surface area contributed by atoms with Gasteiger partial charge in [0, 0.05) is 12.7 Å². The summed E-state index contributed by atoms with van der Waals surface area (Å²) in [6.07, 6.45) is 0.647. The van der Waals surface area contributed by atoms with E-state index in [2.05, 4.69) is 15.9 Å². The number of ether oxygens (including phenoxy) is 1. The van der Waals surface area contributed by atoms with Crippen LogP contribution in [0.2, 0.25) is 5.02 Å². The van der Waals surface area contributed by atoms with Crippen molar-refractivity contribution in [2.75, 3.05) is 7.11 Å². The molecule has 0 aliphatic rings. The second-order valence-corrected chi connectivity index (χ2v) is 4.91. The first-order chi connectivity index (χ1) is 7.37. The summed E-state index contributed by atoms with van der Waals surface area (Å²) in [5.74, 6) is -0.471. The molecule has 0 heterocycles. The molecule has 0 saturated carbocycles. The van der Waals surface area contributed by atoms with Gasteiger partial charge in [-0.1, -0.05) is 18.5 Å². The summed E-state index contributed by atoms with van der Waals surface area (Å²) in [5.41, 5.74) is -0.200. The largest absolute Gasteiger partial charge is 0.504 e. The number of benzene rings is 1. The summed E-state index contributed by atoms with van der Waals surface area (Å²) in [6.45, 7) is 3.75. The summed E-state index contributed by atoms with van der Waals surface area (Å²) in [4.78, 5) is 0. The molecule has 3 nitrogen and oxygen atoms in total. The van der Waals surface area contributed by atoms with Crippen LogP contribution in [-0.4, -0.2) is 17.3 Å². The third kappa shape index (κ3) is 2.14. The Morgan fingerprint density at radius 1 is 1.44 bits per heavy atom. The lowest BCUT2D eigenvalue weighted by molar-refractivity contribution is -0.00339. The lowest BCUT2D eigenvalue weighted by atomic mass is 9.92. The van der Waals surface area contributed by atoms with Crippen molar-refractivity contribution in [2.24, 2.45) is 0 Å². The van der Waals surface area contributed by atoms with Crippen LogP contribution in [0.15, 0.2) is 10.5 Å². The molecule has 1 rings (SSSR count). The van der Waals surface area contributed by atoms with Gasteiger partial charge in [-0.2, -0.15) is 0 Å². The van der Waals surface area contributed by atoms with E-state index in [9.17, 15) is 10.2 Å². The number of aromatic hydroxyl groups is 2. The van der Waals surface area contributed by atoms with Crippen molar-refractivity contribution in [3.05, 3.63) is 21.1 Å². The van der Waals surface area contributed by atoms with Gasteiger partial charge < -0.3 is 14.9 Å². The number of rotatable bonds is 3. The molecule has 0 aromatic heterocycles. The van der Waals surface area contributed by atoms with Crippen LogP contribution < -0.4 is 0 Å². The van der Waals surface area contributed by atoms with E-state index in [0.717, 1.165) is 0 Å². The Morgan fingerprint density at radius 3 is 2.44 bits per heavy atom. The quantitative estimate of drug-likeness (QED) is 0.835. The molecule has 2 N–H and O–H groups in total. The molecule has 0 aliphatic heterocycles. The lowest BCUT2D eigenvalue weighted by Crippen LogP contribution is -2.23. The van der Waals surface area contributed by atoms with E-state index < -0.39 is 5.60 Å². The van der Waals surface area contributed by atoms with Crippen LogP contribution in [0.5, 0.6) is 11.5 Å². The van der Waals surface area contributed by atoms with Gasteiger partial charge in [-0.15, -0.1) is 0 Å². The van der Waals surface area contributed by atoms with Crippen LogP contribution in [0.1, 0.15) is 25.8 Å². The van der Waals surface area contributed by atoms with E-state index in [-0.39, 0.29) is 16.0 Å². The summed E-state index contributed by atoms with van der Waals surface area (Å²) >= 11 is 9.03. The van der Waals surface area contributed by atoms with E-state index in [1.54, 1.807) is 13.2 Å². The van der Waals surface area contributed by atoms with Gasteiger partial charge in [0.05, 0.1) is 15.1 Å². The normalized spacial score (nSPS) is 14.8. The molecule has 0 fully saturated rings. The Kier molecular flexibility index (Phi) is 4.10. The zero-order valence-electron chi connectivity index (χ0n) is 9.34. The molecule has 0 unspecified atom stereocenters. The second-order valence-electron chi connectivity index (χ2n) is 3.71. The maximum Gasteiger partial charge on any atom is 0.173 e. The summed E-state index contributed by atoms with van der Waals surface area (Å²) in [5, 5.41) is 19.9. The number of phenols is 2. The van der Waals surface area contributed by atoms with E-state index >= 15 is 0 Å². The molecule has 0 bridgehead atoms. The van der Waals surface area contributed by atoms with E-state index in [4.69, 9.17) is 16.3 Å². The highest BCUT2D eigenvalue weighted by atomic mass is 79.9. The predicted octanol–water partition coefficient (Wildman–Crippen LogP) is 3.79. The number of phenolic OH excluding ortho intramolecular Hbond substituents is 2. The van der Waals surface area contributed by atoms with Gasteiger partial charge in [-0.25, -0.2) is 0 Å². The summed E-state index contributed by atoms with van der Waals surface area (Å²) in [7, 11) is 1.55. The summed E-state index contributed by atoms with van der Waals surface area (Å²) < 4.78 is 5.64. The molecule has 90 valence electrons. The van der Waals surface area contributed by atoms with Crippen molar-refractivity contribution in [1.29, 1.82) is 0 Å². The molecule has 0 radical (unpaired) electrons. The first-order valence-corrected chi connectivity index (χ1v) is 6.00. The van der Waals surface area contributed by atoms with Crippen molar-refractivity contribution >= 4 is 27.5 Å². The fraction of sp³-hybridized carbons (Fsp3) is 0.455. The average Bonchev–Trinajstić information content (AvgIpc) is 2.30. The molecule has 1 atom stereocenters. The topological polar surface area (TPSA) is 49.7 Å². The third-order valence-electron chi connectivity index (χ3n) is 2.86. The van der Waals surface area contributed by atoms with Crippen LogP contribution in [-0.2, 0) is 10.3 Å². The van der Waals surface area contributed by atoms with Crippen molar-refractivity contribution in [1.82, 2.24) is 0 Å². The Morgan fingerprint density at radius 2 is 2.00 bits per heavy atom. The molecule has 0 amide bonds. The highest BCUT2D eigenvalue weighted by molar-refractivity contribution is 9.10. The lowest BCUT2D eigenvalue weighted by Gasteiger charge is -2.28. The molecular formula is C11H14BrClO3. The molecule has 5 heteroatoms. The van der Waals surface area contributed by atoms with E-state index in [0.29, 0.717) is 17.0 Å². The zero-order valence-corrected chi connectivity index (χ0v) is 11.7. The fourth-order valence-electron chi connectivity index (χ4n) is 1.45.